The van der Waals surface area contributed by atoms with Crippen molar-refractivity contribution in [3.8, 4) is 11.3 Å². The number of ether oxygens (including phenoxy) is 1. The molecule has 0 amide bonds. The molecule has 24 heavy (non-hydrogen) atoms. The van der Waals surface area contributed by atoms with Crippen LogP contribution in [0.1, 0.15) is 23.0 Å². The normalized spacial score (nSPS) is 11.9. The molecule has 0 aliphatic heterocycles. The van der Waals surface area contributed by atoms with Gasteiger partial charge < -0.3 is 9.15 Å². The van der Waals surface area contributed by atoms with Crippen LogP contribution in [-0.4, -0.2) is 22.4 Å². The minimum Gasteiger partial charge on any atom is -0.464 e. The van der Waals surface area contributed by atoms with Gasteiger partial charge in [0.1, 0.15) is 16.8 Å². The summed E-state index contributed by atoms with van der Waals surface area (Å²) in [5.74, 6) is -1.07. The molecule has 0 saturated heterocycles. The Balaban J connectivity index is 2.31. The number of esters is 1. The number of para-hydroxylation sites is 1. The highest BCUT2D eigenvalue weighted by Crippen LogP contribution is 2.41. The van der Waals surface area contributed by atoms with Crippen LogP contribution in [0.2, 0.25) is 0 Å². The second kappa shape index (κ2) is 5.70. The van der Waals surface area contributed by atoms with Crippen molar-refractivity contribution in [2.45, 2.75) is 13.1 Å². The van der Waals surface area contributed by atoms with Crippen LogP contribution in [-0.2, 0) is 18.0 Å². The van der Waals surface area contributed by atoms with Crippen LogP contribution < -0.4 is 0 Å². The van der Waals surface area contributed by atoms with Crippen molar-refractivity contribution in [3.05, 3.63) is 41.8 Å². The lowest BCUT2D eigenvalue weighted by Crippen LogP contribution is -2.17. The van der Waals surface area contributed by atoms with E-state index in [0.29, 0.717) is 5.39 Å². The molecule has 0 saturated carbocycles. The second-order valence-electron chi connectivity index (χ2n) is 5.06. The lowest BCUT2D eigenvalue weighted by molar-refractivity contribution is -0.137. The summed E-state index contributed by atoms with van der Waals surface area (Å²) in [5, 5.41) is 4.56. The first kappa shape index (κ1) is 16.1. The van der Waals surface area contributed by atoms with Crippen LogP contribution in [0.3, 0.4) is 0 Å². The fourth-order valence-corrected chi connectivity index (χ4v) is 2.59. The van der Waals surface area contributed by atoms with Crippen LogP contribution in [0.15, 0.2) is 34.9 Å². The maximum Gasteiger partial charge on any atom is 0.420 e. The third kappa shape index (κ3) is 2.53. The zero-order valence-electron chi connectivity index (χ0n) is 12.8. The molecular weight excluding hydrogens is 325 g/mol. The van der Waals surface area contributed by atoms with Crippen molar-refractivity contribution < 1.29 is 27.1 Å². The molecule has 0 N–H and O–H groups in total. The summed E-state index contributed by atoms with van der Waals surface area (Å²) >= 11 is 0. The summed E-state index contributed by atoms with van der Waals surface area (Å²) in [6, 6.07) is 6.43. The Morgan fingerprint density at radius 3 is 2.75 bits per heavy atom. The van der Waals surface area contributed by atoms with E-state index in [0.717, 1.165) is 4.68 Å². The quantitative estimate of drug-likeness (QED) is 0.677. The highest BCUT2D eigenvalue weighted by atomic mass is 19.4. The number of nitrogens with zero attached hydrogens (tertiary/aromatic N) is 2. The Hall–Kier alpha value is -2.77. The predicted octanol–water partition coefficient (Wildman–Crippen LogP) is 4.03. The molecule has 2 aromatic heterocycles. The van der Waals surface area contributed by atoms with Crippen molar-refractivity contribution >= 4 is 16.9 Å². The number of carbonyl (C=O) groups excluding carboxylic acids is 1. The second-order valence-corrected chi connectivity index (χ2v) is 5.06. The van der Waals surface area contributed by atoms with E-state index in [1.807, 2.05) is 0 Å². The third-order valence-corrected chi connectivity index (χ3v) is 3.53. The fourth-order valence-electron chi connectivity index (χ4n) is 2.59. The topological polar surface area (TPSA) is 57.3 Å². The van der Waals surface area contributed by atoms with Gasteiger partial charge in [-0.2, -0.15) is 18.3 Å². The number of aromatic nitrogens is 2. The van der Waals surface area contributed by atoms with Crippen molar-refractivity contribution in [3.63, 3.8) is 0 Å². The number of rotatable bonds is 3. The molecule has 0 bridgehead atoms. The van der Waals surface area contributed by atoms with Gasteiger partial charge in [-0.3, -0.25) is 4.68 Å². The average Bonchev–Trinajstić information content (AvgIpc) is 3.10. The fraction of sp³-hybridized carbons (Fsp3) is 0.250. The summed E-state index contributed by atoms with van der Waals surface area (Å²) in [6.07, 6.45) is -3.39. The molecule has 0 aliphatic rings. The van der Waals surface area contributed by atoms with Crippen LogP contribution in [0.5, 0.6) is 0 Å². The number of aryl methyl sites for hydroxylation is 1. The van der Waals surface area contributed by atoms with E-state index in [9.17, 15) is 18.0 Å². The molecule has 1 aromatic carbocycles. The lowest BCUT2D eigenvalue weighted by Gasteiger charge is -2.10. The minimum absolute atomic E-state index is 0.0373. The summed E-state index contributed by atoms with van der Waals surface area (Å²) in [5.41, 5.74) is -1.70. The summed E-state index contributed by atoms with van der Waals surface area (Å²) in [7, 11) is 1.27. The van der Waals surface area contributed by atoms with E-state index >= 15 is 0 Å². The van der Waals surface area contributed by atoms with Crippen molar-refractivity contribution in [2.75, 3.05) is 6.61 Å². The number of benzene rings is 1. The van der Waals surface area contributed by atoms with Crippen LogP contribution >= 0.6 is 0 Å². The van der Waals surface area contributed by atoms with Crippen molar-refractivity contribution in [2.24, 2.45) is 7.05 Å². The predicted molar refractivity (Wildman–Crippen MR) is 79.4 cm³/mol. The monoisotopic (exact) mass is 338 g/mol. The minimum atomic E-state index is -4.78. The number of halogens is 3. The molecule has 0 fully saturated rings. The van der Waals surface area contributed by atoms with Gasteiger partial charge in [-0.15, -0.1) is 0 Å². The number of hydrogen-bond donors (Lipinski definition) is 0. The van der Waals surface area contributed by atoms with Gasteiger partial charge in [-0.1, -0.05) is 12.1 Å². The Kier molecular flexibility index (Phi) is 3.82. The highest BCUT2D eigenvalue weighted by Gasteiger charge is 2.43. The first-order chi connectivity index (χ1) is 11.3. The molecular formula is C16H13F3N2O3. The molecule has 0 aliphatic carbocycles. The van der Waals surface area contributed by atoms with Crippen LogP contribution in [0.25, 0.3) is 22.2 Å². The van der Waals surface area contributed by atoms with Crippen LogP contribution in [0, 0.1) is 0 Å². The smallest absolute Gasteiger partial charge is 0.420 e. The molecule has 126 valence electrons. The first-order valence-corrected chi connectivity index (χ1v) is 7.12. The summed E-state index contributed by atoms with van der Waals surface area (Å²) in [6.45, 7) is 1.48. The third-order valence-electron chi connectivity index (χ3n) is 3.53. The molecule has 2 heterocycles. The number of fused-ring (bicyclic) bond motifs is 1. The molecule has 3 rings (SSSR count). The van der Waals surface area contributed by atoms with Gasteiger partial charge in [-0.25, -0.2) is 4.79 Å². The Bertz CT molecular complexity index is 909. The van der Waals surface area contributed by atoms with Gasteiger partial charge in [-0.05, 0) is 19.1 Å². The molecule has 8 heteroatoms. The van der Waals surface area contributed by atoms with E-state index in [-0.39, 0.29) is 23.4 Å². The highest BCUT2D eigenvalue weighted by molar-refractivity contribution is 5.96. The number of carbonyl (C=O) groups is 1. The Morgan fingerprint density at radius 1 is 1.33 bits per heavy atom. The van der Waals surface area contributed by atoms with Crippen LogP contribution in [0.4, 0.5) is 13.2 Å². The standard InChI is InChI=1S/C16H13F3N2O3/c1-3-23-15(22)13-11(16(17,18)19)12(20-21(13)2)10-6-4-5-9-7-8-24-14(9)10/h4-8H,3H2,1-2H3. The number of alkyl halides is 3. The van der Waals surface area contributed by atoms with E-state index < -0.39 is 23.4 Å². The zero-order valence-corrected chi connectivity index (χ0v) is 12.8. The molecule has 5 nitrogen and oxygen atoms in total. The lowest BCUT2D eigenvalue weighted by atomic mass is 10.0. The Morgan fingerprint density at radius 2 is 2.08 bits per heavy atom. The Labute approximate surface area is 134 Å². The van der Waals surface area contributed by atoms with Gasteiger partial charge >= 0.3 is 12.1 Å². The van der Waals surface area contributed by atoms with E-state index in [4.69, 9.17) is 9.15 Å². The molecule has 3 aromatic rings. The maximum atomic E-state index is 13.6. The zero-order chi connectivity index (χ0) is 17.5. The van der Waals surface area contributed by atoms with E-state index in [1.165, 1.54) is 26.3 Å². The molecule has 0 spiro atoms. The van der Waals surface area contributed by atoms with E-state index in [1.54, 1.807) is 18.2 Å². The molecule has 0 unspecified atom stereocenters. The largest absolute Gasteiger partial charge is 0.464 e. The SMILES string of the molecule is CCOC(=O)c1c(C(F)(F)F)c(-c2cccc3ccoc23)nn1C. The van der Waals surface area contributed by atoms with Gasteiger partial charge in [0.2, 0.25) is 0 Å². The average molecular weight is 338 g/mol. The summed E-state index contributed by atoms with van der Waals surface area (Å²) in [4.78, 5) is 12.0. The first-order valence-electron chi connectivity index (χ1n) is 7.12. The van der Waals surface area contributed by atoms with Gasteiger partial charge in [0.05, 0.1) is 12.9 Å². The van der Waals surface area contributed by atoms with E-state index in [2.05, 4.69) is 5.10 Å². The number of hydrogen-bond acceptors (Lipinski definition) is 4. The van der Waals surface area contributed by atoms with Gasteiger partial charge in [0.15, 0.2) is 5.69 Å². The van der Waals surface area contributed by atoms with Crippen molar-refractivity contribution in [1.29, 1.82) is 0 Å². The molecule has 0 atom stereocenters. The maximum absolute atomic E-state index is 13.6. The van der Waals surface area contributed by atoms with Gasteiger partial charge in [0.25, 0.3) is 0 Å². The summed E-state index contributed by atoms with van der Waals surface area (Å²) < 4.78 is 51.9. The molecule has 0 radical (unpaired) electrons. The van der Waals surface area contributed by atoms with Gasteiger partial charge in [0, 0.05) is 18.0 Å². The van der Waals surface area contributed by atoms with Crippen molar-refractivity contribution in [1.82, 2.24) is 9.78 Å². The number of furan rings is 1.